The van der Waals surface area contributed by atoms with Gasteiger partial charge in [-0.25, -0.2) is 0 Å². The SMILES string of the molecule is CCOC(=O)CN.O=C(O)CN=C(c1ccccc1)c1ccccc1. The molecule has 3 N–H and O–H groups in total. The fraction of sp³-hybridized carbons (Fsp3) is 0.211. The van der Waals surface area contributed by atoms with Crippen molar-refractivity contribution in [3.8, 4) is 0 Å². The Morgan fingerprint density at radius 2 is 1.48 bits per heavy atom. The van der Waals surface area contributed by atoms with Crippen molar-refractivity contribution in [2.24, 2.45) is 10.7 Å². The van der Waals surface area contributed by atoms with Crippen molar-refractivity contribution >= 4 is 17.7 Å². The zero-order chi connectivity index (χ0) is 18.5. The van der Waals surface area contributed by atoms with Crippen LogP contribution in [0, 0.1) is 0 Å². The molecular weight excluding hydrogens is 320 g/mol. The first kappa shape index (κ1) is 20.1. The molecule has 2 aromatic carbocycles. The van der Waals surface area contributed by atoms with Crippen molar-refractivity contribution in [3.05, 3.63) is 71.8 Å². The maximum atomic E-state index is 10.7. The highest BCUT2D eigenvalue weighted by Crippen LogP contribution is 2.10. The molecule has 0 aromatic heterocycles. The molecule has 0 spiro atoms. The summed E-state index contributed by atoms with van der Waals surface area (Å²) in [6, 6.07) is 19.2. The number of hydrogen-bond donors (Lipinski definition) is 2. The maximum Gasteiger partial charge on any atom is 0.325 e. The second-order valence-corrected chi connectivity index (χ2v) is 4.80. The summed E-state index contributed by atoms with van der Waals surface area (Å²) >= 11 is 0. The summed E-state index contributed by atoms with van der Waals surface area (Å²) in [5, 5.41) is 8.75. The molecule has 0 aliphatic heterocycles. The Kier molecular flexibility index (Phi) is 9.25. The first-order valence-corrected chi connectivity index (χ1v) is 7.81. The predicted molar refractivity (Wildman–Crippen MR) is 96.7 cm³/mol. The van der Waals surface area contributed by atoms with Crippen LogP contribution in [-0.2, 0) is 14.3 Å². The molecule has 0 saturated carbocycles. The Morgan fingerprint density at radius 3 is 1.80 bits per heavy atom. The Labute approximate surface area is 147 Å². The summed E-state index contributed by atoms with van der Waals surface area (Å²) in [5.41, 5.74) is 7.43. The Bertz CT molecular complexity index is 644. The number of ether oxygens (including phenoxy) is 1. The number of aliphatic imine (C=N–C) groups is 1. The molecule has 132 valence electrons. The van der Waals surface area contributed by atoms with Crippen LogP contribution >= 0.6 is 0 Å². The van der Waals surface area contributed by atoms with E-state index in [4.69, 9.17) is 10.8 Å². The quantitative estimate of drug-likeness (QED) is 0.618. The van der Waals surface area contributed by atoms with Crippen molar-refractivity contribution in [2.75, 3.05) is 19.7 Å². The molecule has 0 radical (unpaired) electrons. The van der Waals surface area contributed by atoms with Crippen LogP contribution in [0.3, 0.4) is 0 Å². The molecule has 2 aromatic rings. The minimum atomic E-state index is -0.931. The first-order valence-electron chi connectivity index (χ1n) is 7.81. The van der Waals surface area contributed by atoms with E-state index in [1.54, 1.807) is 6.92 Å². The van der Waals surface area contributed by atoms with Gasteiger partial charge in [-0.1, -0.05) is 60.7 Å². The second kappa shape index (κ2) is 11.5. The molecule has 2 rings (SSSR count). The van der Waals surface area contributed by atoms with Gasteiger partial charge in [-0.15, -0.1) is 0 Å². The standard InChI is InChI=1S/C15H13NO2.C4H9NO2/c17-14(18)11-16-15(12-7-3-1-4-8-12)13-9-5-2-6-10-13;1-2-7-4(6)3-5/h1-10H,11H2,(H,17,18);2-3,5H2,1H3. The van der Waals surface area contributed by atoms with Gasteiger partial charge in [0, 0.05) is 11.1 Å². The number of aliphatic carboxylic acids is 1. The Hall–Kier alpha value is -2.99. The van der Waals surface area contributed by atoms with E-state index in [2.05, 4.69) is 9.73 Å². The van der Waals surface area contributed by atoms with Crippen LogP contribution in [0.1, 0.15) is 18.1 Å². The number of esters is 1. The summed E-state index contributed by atoms with van der Waals surface area (Å²) < 4.78 is 4.43. The lowest BCUT2D eigenvalue weighted by Crippen LogP contribution is -2.16. The van der Waals surface area contributed by atoms with E-state index in [0.29, 0.717) is 12.3 Å². The molecule has 0 aliphatic rings. The van der Waals surface area contributed by atoms with Crippen LogP contribution in [0.2, 0.25) is 0 Å². The van der Waals surface area contributed by atoms with Gasteiger partial charge in [0.1, 0.15) is 6.54 Å². The highest BCUT2D eigenvalue weighted by Gasteiger charge is 2.06. The molecule has 6 heteroatoms. The molecule has 0 unspecified atom stereocenters. The average Bonchev–Trinajstić information content (AvgIpc) is 2.64. The van der Waals surface area contributed by atoms with E-state index in [-0.39, 0.29) is 19.1 Å². The third-order valence-corrected chi connectivity index (χ3v) is 2.94. The van der Waals surface area contributed by atoms with Crippen molar-refractivity contribution in [3.63, 3.8) is 0 Å². The van der Waals surface area contributed by atoms with Crippen molar-refractivity contribution in [1.82, 2.24) is 0 Å². The van der Waals surface area contributed by atoms with Gasteiger partial charge in [0.2, 0.25) is 0 Å². The van der Waals surface area contributed by atoms with E-state index in [1.165, 1.54) is 0 Å². The molecule has 0 heterocycles. The molecule has 0 amide bonds. The fourth-order valence-electron chi connectivity index (χ4n) is 1.91. The highest BCUT2D eigenvalue weighted by atomic mass is 16.5. The summed E-state index contributed by atoms with van der Waals surface area (Å²) in [4.78, 5) is 24.9. The van der Waals surface area contributed by atoms with Gasteiger partial charge in [0.05, 0.1) is 18.9 Å². The van der Waals surface area contributed by atoms with Crippen LogP contribution in [0.4, 0.5) is 0 Å². The molecule has 25 heavy (non-hydrogen) atoms. The molecule has 0 bridgehead atoms. The lowest BCUT2D eigenvalue weighted by Gasteiger charge is -2.06. The van der Waals surface area contributed by atoms with Crippen LogP contribution in [0.15, 0.2) is 65.7 Å². The van der Waals surface area contributed by atoms with Crippen LogP contribution in [0.5, 0.6) is 0 Å². The van der Waals surface area contributed by atoms with Crippen molar-refractivity contribution < 1.29 is 19.4 Å². The number of carboxylic acids is 1. The van der Waals surface area contributed by atoms with Crippen LogP contribution < -0.4 is 5.73 Å². The van der Waals surface area contributed by atoms with E-state index >= 15 is 0 Å². The topological polar surface area (TPSA) is 102 Å². The Balaban J connectivity index is 0.000000381. The third kappa shape index (κ3) is 7.90. The summed E-state index contributed by atoms with van der Waals surface area (Å²) in [7, 11) is 0. The van der Waals surface area contributed by atoms with E-state index in [0.717, 1.165) is 11.1 Å². The van der Waals surface area contributed by atoms with Crippen LogP contribution in [0.25, 0.3) is 0 Å². The summed E-state index contributed by atoms with van der Waals surface area (Å²) in [5.74, 6) is -1.28. The molecule has 0 atom stereocenters. The van der Waals surface area contributed by atoms with Gasteiger partial charge >= 0.3 is 11.9 Å². The van der Waals surface area contributed by atoms with Gasteiger partial charge in [-0.05, 0) is 6.92 Å². The van der Waals surface area contributed by atoms with Gasteiger partial charge < -0.3 is 15.6 Å². The summed E-state index contributed by atoms with van der Waals surface area (Å²) in [6.45, 7) is 1.91. The largest absolute Gasteiger partial charge is 0.480 e. The smallest absolute Gasteiger partial charge is 0.325 e. The lowest BCUT2D eigenvalue weighted by molar-refractivity contribution is -0.141. The molecule has 0 aliphatic carbocycles. The van der Waals surface area contributed by atoms with Gasteiger partial charge in [0.25, 0.3) is 0 Å². The van der Waals surface area contributed by atoms with E-state index in [1.807, 2.05) is 60.7 Å². The minimum absolute atomic E-state index is 0.0200. The lowest BCUT2D eigenvalue weighted by atomic mass is 10.0. The van der Waals surface area contributed by atoms with Crippen LogP contribution in [-0.4, -0.2) is 42.5 Å². The maximum absolute atomic E-state index is 10.7. The average molecular weight is 342 g/mol. The number of hydrogen-bond acceptors (Lipinski definition) is 5. The number of rotatable bonds is 6. The number of nitrogens with two attached hydrogens (primary N) is 1. The highest BCUT2D eigenvalue weighted by molar-refractivity contribution is 6.13. The number of benzene rings is 2. The number of carbonyl (C=O) groups excluding carboxylic acids is 1. The van der Waals surface area contributed by atoms with E-state index < -0.39 is 5.97 Å². The van der Waals surface area contributed by atoms with Gasteiger partial charge in [-0.2, -0.15) is 0 Å². The number of nitrogens with zero attached hydrogens (tertiary/aromatic N) is 1. The zero-order valence-electron chi connectivity index (χ0n) is 14.1. The zero-order valence-corrected chi connectivity index (χ0v) is 14.1. The molecule has 0 fully saturated rings. The minimum Gasteiger partial charge on any atom is -0.480 e. The second-order valence-electron chi connectivity index (χ2n) is 4.80. The normalized spacial score (nSPS) is 9.36. The number of carboxylic acid groups (broad SMARTS) is 1. The molecule has 0 saturated heterocycles. The predicted octanol–water partition coefficient (Wildman–Crippen LogP) is 2.12. The first-order chi connectivity index (χ1) is 12.1. The molecule has 6 nitrogen and oxygen atoms in total. The van der Waals surface area contributed by atoms with Gasteiger partial charge in [0.15, 0.2) is 0 Å². The third-order valence-electron chi connectivity index (χ3n) is 2.94. The summed E-state index contributed by atoms with van der Waals surface area (Å²) in [6.07, 6.45) is 0. The number of carbonyl (C=O) groups is 2. The fourth-order valence-corrected chi connectivity index (χ4v) is 1.91. The van der Waals surface area contributed by atoms with E-state index in [9.17, 15) is 9.59 Å². The molecular formula is C19H22N2O4. The van der Waals surface area contributed by atoms with Gasteiger partial charge in [-0.3, -0.25) is 14.6 Å². The van der Waals surface area contributed by atoms with Crippen molar-refractivity contribution in [1.29, 1.82) is 0 Å². The monoisotopic (exact) mass is 342 g/mol. The van der Waals surface area contributed by atoms with Crippen molar-refractivity contribution in [2.45, 2.75) is 6.92 Å². The Morgan fingerprint density at radius 1 is 1.00 bits per heavy atom.